The molecule has 4 rings (SSSR count). The summed E-state index contributed by atoms with van der Waals surface area (Å²) >= 11 is 0. The van der Waals surface area contributed by atoms with E-state index in [0.29, 0.717) is 5.75 Å². The standard InChI is InChI=1S/C20H22FN3O2/c1-24-10-8-20(19(24)25)7-5-17(23-20)18-12-15(6-9-22-18)14-3-2-4-16(11-14)26-13-21/h2-4,6,9,11-12,17,23H,5,7-8,10,13H2,1H3. The number of carbonyl (C=O) groups excluding carboxylic acids is 1. The maximum atomic E-state index is 12.5. The van der Waals surface area contributed by atoms with Gasteiger partial charge in [0.2, 0.25) is 12.8 Å². The molecule has 1 N–H and O–H groups in total. The first-order valence-electron chi connectivity index (χ1n) is 8.90. The van der Waals surface area contributed by atoms with Crippen molar-refractivity contribution in [2.24, 2.45) is 0 Å². The average Bonchev–Trinajstić information content (AvgIpc) is 3.22. The molecular weight excluding hydrogens is 333 g/mol. The highest BCUT2D eigenvalue weighted by Crippen LogP contribution is 2.39. The number of carbonyl (C=O) groups is 1. The lowest BCUT2D eigenvalue weighted by Crippen LogP contribution is -2.47. The van der Waals surface area contributed by atoms with Crippen LogP contribution < -0.4 is 10.1 Å². The van der Waals surface area contributed by atoms with Crippen LogP contribution in [0.1, 0.15) is 31.0 Å². The van der Waals surface area contributed by atoms with Crippen LogP contribution in [-0.4, -0.2) is 41.8 Å². The van der Waals surface area contributed by atoms with E-state index in [0.717, 1.165) is 42.6 Å². The predicted molar refractivity (Wildman–Crippen MR) is 96.4 cm³/mol. The lowest BCUT2D eigenvalue weighted by molar-refractivity contribution is -0.131. The summed E-state index contributed by atoms with van der Waals surface area (Å²) in [5.74, 6) is 0.688. The van der Waals surface area contributed by atoms with Gasteiger partial charge in [-0.05, 0) is 54.7 Å². The van der Waals surface area contributed by atoms with E-state index in [1.165, 1.54) is 0 Å². The second-order valence-electron chi connectivity index (χ2n) is 7.05. The highest BCUT2D eigenvalue weighted by Gasteiger charge is 2.50. The van der Waals surface area contributed by atoms with Gasteiger partial charge >= 0.3 is 0 Å². The number of hydrogen-bond donors (Lipinski definition) is 1. The maximum Gasteiger partial charge on any atom is 0.242 e. The van der Waals surface area contributed by atoms with Crippen LogP contribution in [0.4, 0.5) is 4.39 Å². The lowest BCUT2D eigenvalue weighted by atomic mass is 9.96. The van der Waals surface area contributed by atoms with Crippen molar-refractivity contribution in [1.82, 2.24) is 15.2 Å². The summed E-state index contributed by atoms with van der Waals surface area (Å²) in [5.41, 5.74) is 2.45. The number of halogens is 1. The second kappa shape index (κ2) is 6.68. The van der Waals surface area contributed by atoms with Gasteiger partial charge in [-0.2, -0.15) is 0 Å². The van der Waals surface area contributed by atoms with Crippen LogP contribution in [0.5, 0.6) is 5.75 Å². The largest absolute Gasteiger partial charge is 0.463 e. The summed E-state index contributed by atoms with van der Waals surface area (Å²) < 4.78 is 17.4. The summed E-state index contributed by atoms with van der Waals surface area (Å²) in [6, 6.07) is 11.4. The SMILES string of the molecule is CN1CCC2(CCC(c3cc(-c4cccc(OCF)c4)ccn3)N2)C1=O. The molecule has 2 fully saturated rings. The monoisotopic (exact) mass is 355 g/mol. The molecule has 6 heteroatoms. The van der Waals surface area contributed by atoms with Gasteiger partial charge in [0.15, 0.2) is 0 Å². The number of ether oxygens (including phenoxy) is 1. The lowest BCUT2D eigenvalue weighted by Gasteiger charge is -2.23. The Kier molecular flexibility index (Phi) is 4.36. The summed E-state index contributed by atoms with van der Waals surface area (Å²) in [6.45, 7) is -0.0466. The average molecular weight is 355 g/mol. The van der Waals surface area contributed by atoms with E-state index < -0.39 is 12.4 Å². The van der Waals surface area contributed by atoms with Crippen molar-refractivity contribution < 1.29 is 13.9 Å². The van der Waals surface area contributed by atoms with Crippen molar-refractivity contribution in [3.8, 4) is 16.9 Å². The molecule has 2 unspecified atom stereocenters. The molecular formula is C20H22FN3O2. The molecule has 3 heterocycles. The summed E-state index contributed by atoms with van der Waals surface area (Å²) in [7, 11) is 1.86. The molecule has 0 aliphatic carbocycles. The number of nitrogens with zero attached hydrogens (tertiary/aromatic N) is 2. The van der Waals surface area contributed by atoms with Gasteiger partial charge in [0.1, 0.15) is 11.3 Å². The van der Waals surface area contributed by atoms with Crippen LogP contribution >= 0.6 is 0 Å². The topological polar surface area (TPSA) is 54.5 Å². The molecule has 1 aromatic heterocycles. The number of likely N-dealkylation sites (tertiary alicyclic amines) is 1. The number of amides is 1. The van der Waals surface area contributed by atoms with E-state index in [-0.39, 0.29) is 11.9 Å². The highest BCUT2D eigenvalue weighted by atomic mass is 19.1. The molecule has 1 aromatic carbocycles. The Morgan fingerprint density at radius 3 is 2.92 bits per heavy atom. The molecule has 2 aliphatic heterocycles. The van der Waals surface area contributed by atoms with Crippen LogP contribution in [0, 0.1) is 0 Å². The summed E-state index contributed by atoms with van der Waals surface area (Å²) in [6.07, 6.45) is 4.36. The van der Waals surface area contributed by atoms with Crippen molar-refractivity contribution in [2.45, 2.75) is 30.8 Å². The van der Waals surface area contributed by atoms with Crippen molar-refractivity contribution in [3.63, 3.8) is 0 Å². The van der Waals surface area contributed by atoms with E-state index >= 15 is 0 Å². The Labute approximate surface area is 152 Å². The third-order valence-corrected chi connectivity index (χ3v) is 5.47. The van der Waals surface area contributed by atoms with Crippen LogP contribution in [-0.2, 0) is 4.79 Å². The summed E-state index contributed by atoms with van der Waals surface area (Å²) in [4.78, 5) is 18.8. The molecule has 0 saturated carbocycles. The first-order valence-corrected chi connectivity index (χ1v) is 8.90. The van der Waals surface area contributed by atoms with Crippen LogP contribution in [0.3, 0.4) is 0 Å². The molecule has 26 heavy (non-hydrogen) atoms. The quantitative estimate of drug-likeness (QED) is 0.916. The third kappa shape index (κ3) is 2.94. The van der Waals surface area contributed by atoms with E-state index in [4.69, 9.17) is 4.74 Å². The number of alkyl halides is 1. The van der Waals surface area contributed by atoms with E-state index in [1.807, 2.05) is 37.4 Å². The minimum atomic E-state index is -0.846. The van der Waals surface area contributed by atoms with Crippen molar-refractivity contribution in [3.05, 3.63) is 48.3 Å². The number of nitrogens with one attached hydrogen (secondary N) is 1. The normalized spacial score (nSPS) is 25.2. The maximum absolute atomic E-state index is 12.5. The molecule has 2 atom stereocenters. The molecule has 1 amide bonds. The fourth-order valence-electron chi connectivity index (χ4n) is 4.04. The zero-order chi connectivity index (χ0) is 18.1. The van der Waals surface area contributed by atoms with Crippen LogP contribution in [0.15, 0.2) is 42.6 Å². The Morgan fingerprint density at radius 2 is 2.15 bits per heavy atom. The Balaban J connectivity index is 1.57. The molecule has 2 aliphatic rings. The number of aromatic nitrogens is 1. The van der Waals surface area contributed by atoms with Gasteiger partial charge in [-0.1, -0.05) is 12.1 Å². The van der Waals surface area contributed by atoms with Crippen molar-refractivity contribution in [2.75, 3.05) is 20.5 Å². The number of pyridine rings is 1. The second-order valence-corrected chi connectivity index (χ2v) is 7.05. The number of hydrogen-bond acceptors (Lipinski definition) is 4. The third-order valence-electron chi connectivity index (χ3n) is 5.47. The summed E-state index contributed by atoms with van der Waals surface area (Å²) in [5, 5.41) is 3.55. The first kappa shape index (κ1) is 17.0. The van der Waals surface area contributed by atoms with Crippen molar-refractivity contribution >= 4 is 5.91 Å². The molecule has 0 radical (unpaired) electrons. The van der Waals surface area contributed by atoms with Gasteiger partial charge in [0.05, 0.1) is 11.7 Å². The molecule has 2 aromatic rings. The molecule has 5 nitrogen and oxygen atoms in total. The van der Waals surface area contributed by atoms with Gasteiger partial charge < -0.3 is 9.64 Å². The number of benzene rings is 1. The van der Waals surface area contributed by atoms with E-state index in [9.17, 15) is 9.18 Å². The fourth-order valence-corrected chi connectivity index (χ4v) is 4.04. The Hall–Kier alpha value is -2.47. The molecule has 2 saturated heterocycles. The minimum Gasteiger partial charge on any atom is -0.463 e. The first-order chi connectivity index (χ1) is 12.6. The predicted octanol–water partition coefficient (Wildman–Crippen LogP) is 3.08. The van der Waals surface area contributed by atoms with Gasteiger partial charge in [0.25, 0.3) is 0 Å². The van der Waals surface area contributed by atoms with Gasteiger partial charge in [-0.25, -0.2) is 4.39 Å². The zero-order valence-electron chi connectivity index (χ0n) is 14.7. The molecule has 1 spiro atoms. The number of rotatable bonds is 4. The van der Waals surface area contributed by atoms with Gasteiger partial charge in [0, 0.05) is 19.8 Å². The van der Waals surface area contributed by atoms with Crippen molar-refractivity contribution in [1.29, 1.82) is 0 Å². The minimum absolute atomic E-state index is 0.0654. The van der Waals surface area contributed by atoms with Crippen LogP contribution in [0.25, 0.3) is 11.1 Å². The number of likely N-dealkylation sites (N-methyl/N-ethyl adjacent to an activating group) is 1. The molecule has 0 bridgehead atoms. The highest BCUT2D eigenvalue weighted by molar-refractivity contribution is 5.88. The fraction of sp³-hybridized carbons (Fsp3) is 0.400. The van der Waals surface area contributed by atoms with Gasteiger partial charge in [-0.15, -0.1) is 0 Å². The van der Waals surface area contributed by atoms with E-state index in [2.05, 4.69) is 10.3 Å². The van der Waals surface area contributed by atoms with Crippen LogP contribution in [0.2, 0.25) is 0 Å². The van der Waals surface area contributed by atoms with E-state index in [1.54, 1.807) is 17.2 Å². The molecule has 136 valence electrons. The Morgan fingerprint density at radius 1 is 1.31 bits per heavy atom. The zero-order valence-corrected chi connectivity index (χ0v) is 14.7. The van der Waals surface area contributed by atoms with Gasteiger partial charge in [-0.3, -0.25) is 15.1 Å². The smallest absolute Gasteiger partial charge is 0.242 e. The Bertz CT molecular complexity index is 828.